The van der Waals surface area contributed by atoms with Crippen LogP contribution in [0.5, 0.6) is 0 Å². The van der Waals surface area contributed by atoms with Crippen LogP contribution in [-0.2, 0) is 26.0 Å². The Kier molecular flexibility index (Phi) is 7.34. The number of ether oxygens (including phenoxy) is 1. The van der Waals surface area contributed by atoms with Gasteiger partial charge in [0.25, 0.3) is 0 Å². The van der Waals surface area contributed by atoms with Crippen molar-refractivity contribution in [3.05, 3.63) is 56.7 Å². The summed E-state index contributed by atoms with van der Waals surface area (Å²) in [7, 11) is -1.93. The van der Waals surface area contributed by atoms with E-state index in [-0.39, 0.29) is 25.0 Å². The Bertz CT molecular complexity index is 944. The number of hydrogen-bond donors (Lipinski definition) is 0. The third-order valence-corrected chi connectivity index (χ3v) is 7.51. The molecule has 0 bridgehead atoms. The molecule has 9 heteroatoms. The summed E-state index contributed by atoms with van der Waals surface area (Å²) >= 11 is 7.73. The first-order chi connectivity index (χ1) is 13.8. The van der Waals surface area contributed by atoms with Gasteiger partial charge >= 0.3 is 0 Å². The van der Waals surface area contributed by atoms with E-state index in [4.69, 9.17) is 16.3 Å². The number of nitrogens with zero attached hydrogens (tertiary/aromatic N) is 2. The minimum atomic E-state index is -3.50. The number of halogens is 1. The average Bonchev–Trinajstić information content (AvgIpc) is 3.15. The maximum Gasteiger partial charge on any atom is 0.238 e. The molecule has 1 aromatic carbocycles. The van der Waals surface area contributed by atoms with Crippen molar-refractivity contribution in [2.75, 3.05) is 39.6 Å². The number of rotatable bonds is 8. The number of sulfonamides is 1. The van der Waals surface area contributed by atoms with E-state index in [1.807, 2.05) is 35.7 Å². The summed E-state index contributed by atoms with van der Waals surface area (Å²) in [5.74, 6) is -0.204. The van der Waals surface area contributed by atoms with Gasteiger partial charge < -0.3 is 9.64 Å². The standard InChI is InChI=1S/C20H25ClN2O4S2/c1-27-12-3-10-22(29(2,25)26)14-19(24)23-11-8-18-17(9-13-28-18)20(23)15-4-6-16(21)7-5-15/h4-7,9,13,20H,3,8,10-12,14H2,1-2H3. The number of carbonyl (C=O) groups excluding carboxylic acids is 1. The monoisotopic (exact) mass is 456 g/mol. The predicted molar refractivity (Wildman–Crippen MR) is 116 cm³/mol. The van der Waals surface area contributed by atoms with Crippen molar-refractivity contribution in [1.82, 2.24) is 9.21 Å². The number of carbonyl (C=O) groups is 1. The molecule has 2 heterocycles. The van der Waals surface area contributed by atoms with Crippen LogP contribution in [0.25, 0.3) is 0 Å². The summed E-state index contributed by atoms with van der Waals surface area (Å²) in [4.78, 5) is 16.3. The van der Waals surface area contributed by atoms with Gasteiger partial charge in [-0.3, -0.25) is 4.79 Å². The summed E-state index contributed by atoms with van der Waals surface area (Å²) in [6, 6.07) is 9.28. The van der Waals surface area contributed by atoms with E-state index in [1.54, 1.807) is 23.3 Å². The van der Waals surface area contributed by atoms with Gasteiger partial charge in [-0.15, -0.1) is 11.3 Å². The maximum atomic E-state index is 13.2. The van der Waals surface area contributed by atoms with Gasteiger partial charge in [-0.25, -0.2) is 8.42 Å². The lowest BCUT2D eigenvalue weighted by molar-refractivity contribution is -0.133. The lowest BCUT2D eigenvalue weighted by atomic mass is 9.93. The van der Waals surface area contributed by atoms with Crippen LogP contribution in [-0.4, -0.2) is 63.1 Å². The number of fused-ring (bicyclic) bond motifs is 1. The molecule has 0 N–H and O–H groups in total. The Balaban J connectivity index is 1.86. The Hall–Kier alpha value is -1.45. The van der Waals surface area contributed by atoms with Crippen molar-refractivity contribution in [3.8, 4) is 0 Å². The molecule has 2 aromatic rings. The molecule has 0 fully saturated rings. The van der Waals surface area contributed by atoms with E-state index >= 15 is 0 Å². The average molecular weight is 457 g/mol. The first-order valence-corrected chi connectivity index (χ1v) is 12.5. The van der Waals surface area contributed by atoms with Gasteiger partial charge in [0.2, 0.25) is 15.9 Å². The highest BCUT2D eigenvalue weighted by molar-refractivity contribution is 7.88. The van der Waals surface area contributed by atoms with E-state index < -0.39 is 10.0 Å². The van der Waals surface area contributed by atoms with Gasteiger partial charge in [-0.05, 0) is 47.5 Å². The van der Waals surface area contributed by atoms with Crippen LogP contribution in [0.15, 0.2) is 35.7 Å². The van der Waals surface area contributed by atoms with Crippen LogP contribution in [0.3, 0.4) is 0 Å². The number of hydrogen-bond acceptors (Lipinski definition) is 5. The molecular weight excluding hydrogens is 432 g/mol. The minimum absolute atomic E-state index is 0.174. The summed E-state index contributed by atoms with van der Waals surface area (Å²) < 4.78 is 30.6. The van der Waals surface area contributed by atoms with Crippen LogP contribution in [0.2, 0.25) is 5.02 Å². The molecule has 1 aliphatic heterocycles. The lowest BCUT2D eigenvalue weighted by Gasteiger charge is -2.37. The normalized spacial score (nSPS) is 16.8. The highest BCUT2D eigenvalue weighted by Crippen LogP contribution is 2.38. The van der Waals surface area contributed by atoms with Gasteiger partial charge in [-0.1, -0.05) is 23.7 Å². The molecule has 1 atom stereocenters. The van der Waals surface area contributed by atoms with Crippen LogP contribution < -0.4 is 0 Å². The second-order valence-electron chi connectivity index (χ2n) is 7.03. The van der Waals surface area contributed by atoms with Gasteiger partial charge in [0.15, 0.2) is 0 Å². The largest absolute Gasteiger partial charge is 0.385 e. The molecule has 0 spiro atoms. The summed E-state index contributed by atoms with van der Waals surface area (Å²) in [6.45, 7) is 1.07. The fraction of sp³-hybridized carbons (Fsp3) is 0.450. The smallest absolute Gasteiger partial charge is 0.238 e. The number of benzene rings is 1. The van der Waals surface area contributed by atoms with Crippen molar-refractivity contribution >= 4 is 38.9 Å². The van der Waals surface area contributed by atoms with Gasteiger partial charge in [0.05, 0.1) is 18.8 Å². The van der Waals surface area contributed by atoms with Gasteiger partial charge in [-0.2, -0.15) is 4.31 Å². The Morgan fingerprint density at radius 1 is 1.31 bits per heavy atom. The van der Waals surface area contributed by atoms with Gasteiger partial charge in [0, 0.05) is 36.7 Å². The molecule has 1 aromatic heterocycles. The maximum absolute atomic E-state index is 13.2. The Morgan fingerprint density at radius 2 is 2.03 bits per heavy atom. The first kappa shape index (κ1) is 22.2. The molecule has 6 nitrogen and oxygen atoms in total. The Labute approximate surface area is 181 Å². The molecule has 3 rings (SSSR count). The van der Waals surface area contributed by atoms with Crippen LogP contribution in [0, 0.1) is 0 Å². The van der Waals surface area contributed by atoms with Crippen molar-refractivity contribution in [3.63, 3.8) is 0 Å². The quantitative estimate of drug-likeness (QED) is 0.572. The zero-order valence-electron chi connectivity index (χ0n) is 16.5. The highest BCUT2D eigenvalue weighted by atomic mass is 35.5. The zero-order valence-corrected chi connectivity index (χ0v) is 18.9. The number of thiophene rings is 1. The summed E-state index contributed by atoms with van der Waals surface area (Å²) in [6.07, 6.45) is 2.44. The van der Waals surface area contributed by atoms with Crippen molar-refractivity contribution in [2.24, 2.45) is 0 Å². The lowest BCUT2D eigenvalue weighted by Crippen LogP contribution is -2.46. The molecular formula is C20H25ClN2O4S2. The van der Waals surface area contributed by atoms with Crippen LogP contribution in [0.4, 0.5) is 0 Å². The topological polar surface area (TPSA) is 66.9 Å². The molecule has 0 saturated carbocycles. The molecule has 29 heavy (non-hydrogen) atoms. The fourth-order valence-corrected chi connectivity index (χ4v) is 5.41. The van der Waals surface area contributed by atoms with Crippen LogP contribution in [0.1, 0.15) is 28.5 Å². The second kappa shape index (κ2) is 9.57. The van der Waals surface area contributed by atoms with E-state index in [2.05, 4.69) is 0 Å². The van der Waals surface area contributed by atoms with Crippen LogP contribution >= 0.6 is 22.9 Å². The van der Waals surface area contributed by atoms with Crippen molar-refractivity contribution in [1.29, 1.82) is 0 Å². The van der Waals surface area contributed by atoms with Crippen molar-refractivity contribution < 1.29 is 17.9 Å². The van der Waals surface area contributed by atoms with E-state index in [9.17, 15) is 13.2 Å². The van der Waals surface area contributed by atoms with E-state index in [0.717, 1.165) is 23.8 Å². The predicted octanol–water partition coefficient (Wildman–Crippen LogP) is 3.17. The summed E-state index contributed by atoms with van der Waals surface area (Å²) in [5.41, 5.74) is 2.06. The number of amides is 1. The second-order valence-corrected chi connectivity index (χ2v) is 10.5. The Morgan fingerprint density at radius 3 is 2.69 bits per heavy atom. The highest BCUT2D eigenvalue weighted by Gasteiger charge is 2.34. The minimum Gasteiger partial charge on any atom is -0.385 e. The first-order valence-electron chi connectivity index (χ1n) is 9.36. The summed E-state index contributed by atoms with van der Waals surface area (Å²) in [5, 5.41) is 2.67. The third kappa shape index (κ3) is 5.38. The molecule has 158 valence electrons. The van der Waals surface area contributed by atoms with E-state index in [0.29, 0.717) is 24.6 Å². The number of methoxy groups -OCH3 is 1. The molecule has 0 radical (unpaired) electrons. The third-order valence-electron chi connectivity index (χ3n) is 5.01. The molecule has 1 aliphatic rings. The van der Waals surface area contributed by atoms with Gasteiger partial charge in [0.1, 0.15) is 0 Å². The molecule has 0 saturated heterocycles. The molecule has 1 amide bonds. The fourth-order valence-electron chi connectivity index (χ4n) is 3.58. The molecule has 0 aliphatic carbocycles. The zero-order chi connectivity index (χ0) is 21.0. The van der Waals surface area contributed by atoms with E-state index in [1.165, 1.54) is 9.18 Å². The molecule has 1 unspecified atom stereocenters. The van der Waals surface area contributed by atoms with Crippen molar-refractivity contribution in [2.45, 2.75) is 18.9 Å². The SMILES string of the molecule is COCCCN(CC(=O)N1CCc2sccc2C1c1ccc(Cl)cc1)S(C)(=O)=O.